The zero-order chi connectivity index (χ0) is 6.85. The van der Waals surface area contributed by atoms with E-state index in [1.165, 1.54) is 0 Å². The van der Waals surface area contributed by atoms with E-state index < -0.39 is 5.97 Å². The Labute approximate surface area is 63.6 Å². The van der Waals surface area contributed by atoms with E-state index >= 15 is 0 Å². The maximum atomic E-state index is 10.2. The van der Waals surface area contributed by atoms with E-state index in [9.17, 15) is 4.79 Å². The highest BCUT2D eigenvalue weighted by Crippen LogP contribution is 2.16. The predicted molar refractivity (Wildman–Crippen MR) is 36.8 cm³/mol. The van der Waals surface area contributed by atoms with Crippen molar-refractivity contribution < 1.29 is 9.90 Å². The highest BCUT2D eigenvalue weighted by molar-refractivity contribution is 9.10. The van der Waals surface area contributed by atoms with Gasteiger partial charge in [0.2, 0.25) is 0 Å². The minimum atomic E-state index is -0.997. The van der Waals surface area contributed by atoms with Gasteiger partial charge in [0.25, 0.3) is 0 Å². The van der Waals surface area contributed by atoms with Crippen LogP contribution in [-0.4, -0.2) is 15.4 Å². The number of aromatic nitrogens is 1. The molecule has 0 bridgehead atoms. The molecule has 0 aliphatic carbocycles. The van der Waals surface area contributed by atoms with Gasteiger partial charge >= 0.3 is 5.97 Å². The molecule has 0 fully saturated rings. The van der Waals surface area contributed by atoms with Crippen LogP contribution >= 0.6 is 27.5 Å². The summed E-state index contributed by atoms with van der Waals surface area (Å²) in [6.45, 7) is 0. The van der Waals surface area contributed by atoms with Crippen LogP contribution in [0.2, 0.25) is 0 Å². The van der Waals surface area contributed by atoms with Crippen molar-refractivity contribution >= 4 is 33.4 Å². The van der Waals surface area contributed by atoms with Crippen molar-refractivity contribution in [1.82, 2.24) is 4.37 Å². The van der Waals surface area contributed by atoms with Crippen molar-refractivity contribution in [2.75, 3.05) is 0 Å². The molecule has 3 nitrogen and oxygen atoms in total. The van der Waals surface area contributed by atoms with Gasteiger partial charge in [-0.25, -0.2) is 4.79 Å². The van der Waals surface area contributed by atoms with Crippen LogP contribution in [0.4, 0.5) is 0 Å². The minimum Gasteiger partial charge on any atom is -0.476 e. The first-order valence-electron chi connectivity index (χ1n) is 2.05. The Morgan fingerprint density at radius 1 is 1.89 bits per heavy atom. The lowest BCUT2D eigenvalue weighted by atomic mass is 10.5. The van der Waals surface area contributed by atoms with Gasteiger partial charge in [0.05, 0.1) is 4.47 Å². The summed E-state index contributed by atoms with van der Waals surface area (Å²) in [7, 11) is 0. The Hall–Kier alpha value is -0.420. The van der Waals surface area contributed by atoms with Crippen LogP contribution in [0.1, 0.15) is 10.5 Å². The lowest BCUT2D eigenvalue weighted by Gasteiger charge is -1.82. The third-order valence-electron chi connectivity index (χ3n) is 0.729. The average molecular weight is 208 g/mol. The lowest BCUT2D eigenvalue weighted by Crippen LogP contribution is -1.95. The minimum absolute atomic E-state index is 0.0833. The molecule has 48 valence electrons. The normalized spacial score (nSPS) is 9.44. The van der Waals surface area contributed by atoms with Gasteiger partial charge in [-0.1, -0.05) is 0 Å². The molecule has 1 aromatic heterocycles. The van der Waals surface area contributed by atoms with Gasteiger partial charge < -0.3 is 5.11 Å². The molecule has 0 aromatic carbocycles. The molecule has 0 aliphatic heterocycles. The molecule has 1 rings (SSSR count). The molecule has 1 aromatic rings. The molecule has 5 heteroatoms. The van der Waals surface area contributed by atoms with E-state index in [0.717, 1.165) is 11.5 Å². The highest BCUT2D eigenvalue weighted by atomic mass is 79.9. The maximum Gasteiger partial charge on any atom is 0.356 e. The average Bonchev–Trinajstić information content (AvgIpc) is 2.13. The number of halogens is 1. The van der Waals surface area contributed by atoms with Crippen molar-refractivity contribution in [3.8, 4) is 0 Å². The van der Waals surface area contributed by atoms with Crippen molar-refractivity contribution in [3.05, 3.63) is 15.5 Å². The van der Waals surface area contributed by atoms with Gasteiger partial charge in [-0.3, -0.25) is 0 Å². The summed E-state index contributed by atoms with van der Waals surface area (Å²) in [6.07, 6.45) is 0. The van der Waals surface area contributed by atoms with E-state index in [2.05, 4.69) is 20.3 Å². The molecule has 0 spiro atoms. The Balaban J connectivity index is 3.08. The molecule has 0 atom stereocenters. The van der Waals surface area contributed by atoms with Crippen LogP contribution in [0.25, 0.3) is 0 Å². The Kier molecular flexibility index (Phi) is 1.82. The quantitative estimate of drug-likeness (QED) is 0.762. The van der Waals surface area contributed by atoms with E-state index in [1.807, 2.05) is 0 Å². The Bertz CT molecular complexity index is 234. The van der Waals surface area contributed by atoms with Crippen LogP contribution in [0.5, 0.6) is 0 Å². The first-order chi connectivity index (χ1) is 4.22. The van der Waals surface area contributed by atoms with E-state index in [0.29, 0.717) is 4.47 Å². The summed E-state index contributed by atoms with van der Waals surface area (Å²) < 4.78 is 4.15. The van der Waals surface area contributed by atoms with Crippen molar-refractivity contribution in [3.63, 3.8) is 0 Å². The third-order valence-corrected chi connectivity index (χ3v) is 2.27. The monoisotopic (exact) mass is 207 g/mol. The van der Waals surface area contributed by atoms with Gasteiger partial charge in [-0.15, -0.1) is 0 Å². The van der Waals surface area contributed by atoms with Gasteiger partial charge in [0, 0.05) is 5.38 Å². The predicted octanol–water partition coefficient (Wildman–Crippen LogP) is 1.60. The van der Waals surface area contributed by atoms with Crippen molar-refractivity contribution in [2.24, 2.45) is 0 Å². The number of carbonyl (C=O) groups is 1. The summed E-state index contributed by atoms with van der Waals surface area (Å²) in [5, 5.41) is 10.00. The van der Waals surface area contributed by atoms with Crippen LogP contribution in [0.15, 0.2) is 9.85 Å². The smallest absolute Gasteiger partial charge is 0.356 e. The standard InChI is InChI=1S/C4H2BrNO2S/c5-2-1-9-6-3(2)4(7)8/h1H,(H,7,8). The fraction of sp³-hybridized carbons (Fsp3) is 0. The van der Waals surface area contributed by atoms with E-state index in [1.54, 1.807) is 5.38 Å². The molecule has 0 saturated heterocycles. The van der Waals surface area contributed by atoms with Gasteiger partial charge in [0.1, 0.15) is 0 Å². The summed E-state index contributed by atoms with van der Waals surface area (Å²) in [6, 6.07) is 0. The molecule has 0 radical (unpaired) electrons. The topological polar surface area (TPSA) is 50.2 Å². The summed E-state index contributed by atoms with van der Waals surface area (Å²) in [5.41, 5.74) is 0.0833. The second-order valence-corrected chi connectivity index (χ2v) is 2.80. The number of carboxylic acids is 1. The molecule has 9 heavy (non-hydrogen) atoms. The largest absolute Gasteiger partial charge is 0.476 e. The number of hydrogen-bond acceptors (Lipinski definition) is 3. The number of nitrogens with zero attached hydrogens (tertiary/aromatic N) is 1. The molecule has 0 aliphatic rings. The van der Waals surface area contributed by atoms with Gasteiger partial charge in [-0.2, -0.15) is 4.37 Å². The zero-order valence-electron chi connectivity index (χ0n) is 4.17. The fourth-order valence-corrected chi connectivity index (χ4v) is 1.53. The number of hydrogen-bond donors (Lipinski definition) is 1. The number of rotatable bonds is 1. The van der Waals surface area contributed by atoms with Crippen LogP contribution in [0.3, 0.4) is 0 Å². The molecule has 0 saturated carbocycles. The molecule has 0 amide bonds. The summed E-state index contributed by atoms with van der Waals surface area (Å²) in [5.74, 6) is -0.997. The lowest BCUT2D eigenvalue weighted by molar-refractivity contribution is 0.0691. The molecule has 1 heterocycles. The second kappa shape index (κ2) is 2.45. The molecular formula is C4H2BrNO2S. The Morgan fingerprint density at radius 3 is 2.78 bits per heavy atom. The second-order valence-electron chi connectivity index (χ2n) is 1.32. The van der Waals surface area contributed by atoms with Crippen LogP contribution in [0, 0.1) is 0 Å². The van der Waals surface area contributed by atoms with Crippen LogP contribution < -0.4 is 0 Å². The van der Waals surface area contributed by atoms with Crippen LogP contribution in [-0.2, 0) is 0 Å². The van der Waals surface area contributed by atoms with Gasteiger partial charge in [0.15, 0.2) is 5.69 Å². The van der Waals surface area contributed by atoms with E-state index in [4.69, 9.17) is 5.11 Å². The summed E-state index contributed by atoms with van der Waals surface area (Å²) >= 11 is 4.15. The SMILES string of the molecule is O=C(O)c1nscc1Br. The summed E-state index contributed by atoms with van der Waals surface area (Å²) in [4.78, 5) is 10.2. The maximum absolute atomic E-state index is 10.2. The number of aromatic carboxylic acids is 1. The van der Waals surface area contributed by atoms with Crippen molar-refractivity contribution in [1.29, 1.82) is 0 Å². The first-order valence-corrected chi connectivity index (χ1v) is 3.68. The molecule has 1 N–H and O–H groups in total. The van der Waals surface area contributed by atoms with Gasteiger partial charge in [-0.05, 0) is 27.5 Å². The first kappa shape index (κ1) is 6.70. The molecular weight excluding hydrogens is 206 g/mol. The molecule has 0 unspecified atom stereocenters. The Morgan fingerprint density at radius 2 is 2.56 bits per heavy atom. The fourth-order valence-electron chi connectivity index (χ4n) is 0.366. The third kappa shape index (κ3) is 1.28. The zero-order valence-corrected chi connectivity index (χ0v) is 6.57. The van der Waals surface area contributed by atoms with Crippen molar-refractivity contribution in [2.45, 2.75) is 0 Å². The van der Waals surface area contributed by atoms with E-state index in [-0.39, 0.29) is 5.69 Å². The highest BCUT2D eigenvalue weighted by Gasteiger charge is 2.09. The number of carboxylic acid groups (broad SMARTS) is 1.